The first kappa shape index (κ1) is 18.8. The molecule has 3 aromatic rings. The molecule has 0 radical (unpaired) electrons. The lowest BCUT2D eigenvalue weighted by Gasteiger charge is -2.15. The number of thiophene rings is 1. The third kappa shape index (κ3) is 4.13. The maximum absolute atomic E-state index is 12.2. The molecular weight excluding hydrogens is 396 g/mol. The van der Waals surface area contributed by atoms with Gasteiger partial charge in [0.25, 0.3) is 0 Å². The zero-order valence-corrected chi connectivity index (χ0v) is 16.7. The van der Waals surface area contributed by atoms with E-state index in [0.717, 1.165) is 26.4 Å². The van der Waals surface area contributed by atoms with E-state index in [2.05, 4.69) is 5.32 Å². The zero-order chi connectivity index (χ0) is 19.5. The molecule has 1 fully saturated rings. The van der Waals surface area contributed by atoms with Gasteiger partial charge in [-0.1, -0.05) is 35.9 Å². The molecule has 0 spiro atoms. The second-order valence-corrected chi connectivity index (χ2v) is 8.13. The van der Waals surface area contributed by atoms with Crippen LogP contribution in [-0.2, 0) is 16.2 Å². The van der Waals surface area contributed by atoms with Crippen LogP contribution in [0.3, 0.4) is 0 Å². The number of amides is 2. The fourth-order valence-electron chi connectivity index (χ4n) is 3.22. The topological polar surface area (TPSA) is 58.6 Å². The number of benzene rings is 2. The molecule has 144 valence electrons. The number of carbonyl (C=O) groups excluding carboxylic acids is 2. The highest BCUT2D eigenvalue weighted by atomic mass is 35.5. The minimum Gasteiger partial charge on any atom is -0.488 e. The minimum absolute atomic E-state index is 0.0347. The fourth-order valence-corrected chi connectivity index (χ4v) is 4.62. The molecule has 0 bridgehead atoms. The number of nitrogens with zero attached hydrogens (tertiary/aromatic N) is 1. The Labute approximate surface area is 171 Å². The maximum Gasteiger partial charge on any atom is 0.243 e. The first-order valence-corrected chi connectivity index (χ1v) is 10.3. The van der Waals surface area contributed by atoms with Crippen LogP contribution < -0.4 is 10.1 Å². The Bertz CT molecular complexity index is 1030. The van der Waals surface area contributed by atoms with Crippen molar-refractivity contribution in [2.45, 2.75) is 19.4 Å². The number of ether oxygens (including phenoxy) is 1. The van der Waals surface area contributed by atoms with Gasteiger partial charge in [0.15, 0.2) is 0 Å². The van der Waals surface area contributed by atoms with Crippen LogP contribution in [0, 0.1) is 0 Å². The van der Waals surface area contributed by atoms with Gasteiger partial charge >= 0.3 is 0 Å². The maximum atomic E-state index is 12.2. The second kappa shape index (κ2) is 8.20. The Morgan fingerprint density at radius 1 is 1.21 bits per heavy atom. The molecule has 1 saturated heterocycles. The predicted octanol–water partition coefficient (Wildman–Crippen LogP) is 4.69. The van der Waals surface area contributed by atoms with Gasteiger partial charge in [0.2, 0.25) is 11.8 Å². The lowest BCUT2D eigenvalue weighted by atomic mass is 10.2. The molecule has 1 aliphatic rings. The number of nitrogens with one attached hydrogen (secondary N) is 1. The molecule has 2 heterocycles. The van der Waals surface area contributed by atoms with E-state index in [0.29, 0.717) is 31.0 Å². The number of carbonyl (C=O) groups is 2. The molecule has 7 heteroatoms. The molecule has 4 rings (SSSR count). The number of hydrogen-bond acceptors (Lipinski definition) is 4. The molecule has 0 unspecified atom stereocenters. The van der Waals surface area contributed by atoms with E-state index >= 15 is 0 Å². The zero-order valence-electron chi connectivity index (χ0n) is 15.1. The highest BCUT2D eigenvalue weighted by Gasteiger charge is 2.22. The van der Waals surface area contributed by atoms with E-state index in [4.69, 9.17) is 16.3 Å². The normalized spacial score (nSPS) is 13.9. The van der Waals surface area contributed by atoms with Crippen LogP contribution in [0.1, 0.15) is 17.7 Å². The van der Waals surface area contributed by atoms with Crippen molar-refractivity contribution in [1.82, 2.24) is 4.90 Å². The van der Waals surface area contributed by atoms with Crippen molar-refractivity contribution in [3.63, 3.8) is 0 Å². The summed E-state index contributed by atoms with van der Waals surface area (Å²) in [6.07, 6.45) is 1.34. The van der Waals surface area contributed by atoms with Crippen molar-refractivity contribution in [2.75, 3.05) is 18.4 Å². The standard InChI is InChI=1S/C21H19ClN2O3S/c22-21-16-7-1-2-8-17(16)28-18(21)13-27-15-6-3-5-14(11-15)23-19(25)12-24-10-4-9-20(24)26/h1-3,5-8,11H,4,9-10,12-13H2,(H,23,25). The Morgan fingerprint density at radius 2 is 2.07 bits per heavy atom. The monoisotopic (exact) mass is 414 g/mol. The van der Waals surface area contributed by atoms with E-state index in [1.165, 1.54) is 0 Å². The third-order valence-corrected chi connectivity index (χ3v) is 6.28. The fraction of sp³-hybridized carbons (Fsp3) is 0.238. The van der Waals surface area contributed by atoms with Crippen molar-refractivity contribution >= 4 is 50.5 Å². The molecule has 1 aromatic heterocycles. The second-order valence-electron chi connectivity index (χ2n) is 6.62. The lowest BCUT2D eigenvalue weighted by Crippen LogP contribution is -2.33. The predicted molar refractivity (Wildman–Crippen MR) is 112 cm³/mol. The summed E-state index contributed by atoms with van der Waals surface area (Å²) in [5.41, 5.74) is 0.636. The molecule has 1 N–H and O–H groups in total. The van der Waals surface area contributed by atoms with Crippen LogP contribution >= 0.6 is 22.9 Å². The Hall–Kier alpha value is -2.57. The van der Waals surface area contributed by atoms with Crippen molar-refractivity contribution < 1.29 is 14.3 Å². The summed E-state index contributed by atoms with van der Waals surface area (Å²) >= 11 is 8.07. The van der Waals surface area contributed by atoms with Crippen molar-refractivity contribution in [3.8, 4) is 5.75 Å². The summed E-state index contributed by atoms with van der Waals surface area (Å²) in [5, 5.41) is 4.58. The summed E-state index contributed by atoms with van der Waals surface area (Å²) in [6, 6.07) is 15.2. The molecule has 2 amide bonds. The summed E-state index contributed by atoms with van der Waals surface area (Å²) < 4.78 is 7.01. The van der Waals surface area contributed by atoms with Gasteiger partial charge in [-0.15, -0.1) is 11.3 Å². The number of fused-ring (bicyclic) bond motifs is 1. The molecule has 28 heavy (non-hydrogen) atoms. The summed E-state index contributed by atoms with van der Waals surface area (Å²) in [4.78, 5) is 26.4. The first-order chi connectivity index (χ1) is 13.6. The molecule has 0 saturated carbocycles. The summed E-state index contributed by atoms with van der Waals surface area (Å²) in [7, 11) is 0. The van der Waals surface area contributed by atoms with Gasteiger partial charge < -0.3 is 15.0 Å². The van der Waals surface area contributed by atoms with Gasteiger partial charge in [0.1, 0.15) is 12.4 Å². The Morgan fingerprint density at radius 3 is 2.86 bits per heavy atom. The smallest absolute Gasteiger partial charge is 0.243 e. The van der Waals surface area contributed by atoms with Crippen molar-refractivity contribution in [1.29, 1.82) is 0 Å². The quantitative estimate of drug-likeness (QED) is 0.636. The Kier molecular flexibility index (Phi) is 5.50. The molecule has 0 atom stereocenters. The third-order valence-electron chi connectivity index (χ3n) is 4.60. The van der Waals surface area contributed by atoms with E-state index in [-0.39, 0.29) is 18.4 Å². The molecule has 0 aliphatic carbocycles. The van der Waals surface area contributed by atoms with Gasteiger partial charge in [-0.3, -0.25) is 9.59 Å². The molecule has 1 aliphatic heterocycles. The van der Waals surface area contributed by atoms with Gasteiger partial charge in [-0.25, -0.2) is 0 Å². The Balaban J connectivity index is 1.38. The average Bonchev–Trinajstić information content (AvgIpc) is 3.24. The van der Waals surface area contributed by atoms with Crippen LogP contribution in [0.15, 0.2) is 48.5 Å². The summed E-state index contributed by atoms with van der Waals surface area (Å²) in [5.74, 6) is 0.468. The SMILES string of the molecule is O=C(CN1CCCC1=O)Nc1cccc(OCc2sc3ccccc3c2Cl)c1. The van der Waals surface area contributed by atoms with Gasteiger partial charge in [-0.2, -0.15) is 0 Å². The van der Waals surface area contributed by atoms with Crippen LogP contribution in [-0.4, -0.2) is 29.8 Å². The summed E-state index contributed by atoms with van der Waals surface area (Å²) in [6.45, 7) is 1.09. The van der Waals surface area contributed by atoms with Gasteiger partial charge in [0, 0.05) is 34.8 Å². The van der Waals surface area contributed by atoms with Crippen LogP contribution in [0.25, 0.3) is 10.1 Å². The van der Waals surface area contributed by atoms with E-state index in [1.54, 1.807) is 28.4 Å². The lowest BCUT2D eigenvalue weighted by molar-refractivity contribution is -0.131. The van der Waals surface area contributed by atoms with Crippen molar-refractivity contribution in [3.05, 3.63) is 58.4 Å². The number of likely N-dealkylation sites (tertiary alicyclic amines) is 1. The van der Waals surface area contributed by atoms with Crippen LogP contribution in [0.2, 0.25) is 5.02 Å². The number of rotatable bonds is 6. The minimum atomic E-state index is -0.208. The molecule has 5 nitrogen and oxygen atoms in total. The highest BCUT2D eigenvalue weighted by molar-refractivity contribution is 7.19. The van der Waals surface area contributed by atoms with E-state index < -0.39 is 0 Å². The van der Waals surface area contributed by atoms with Crippen LogP contribution in [0.5, 0.6) is 5.75 Å². The largest absolute Gasteiger partial charge is 0.488 e. The van der Waals surface area contributed by atoms with Crippen molar-refractivity contribution in [2.24, 2.45) is 0 Å². The number of hydrogen-bond donors (Lipinski definition) is 1. The molecule has 2 aromatic carbocycles. The number of anilines is 1. The average molecular weight is 415 g/mol. The van der Waals surface area contributed by atoms with E-state index in [9.17, 15) is 9.59 Å². The highest BCUT2D eigenvalue weighted by Crippen LogP contribution is 2.35. The van der Waals surface area contributed by atoms with Crippen LogP contribution in [0.4, 0.5) is 5.69 Å². The van der Waals surface area contributed by atoms with Gasteiger partial charge in [0.05, 0.1) is 16.4 Å². The number of halogens is 1. The van der Waals surface area contributed by atoms with Gasteiger partial charge in [-0.05, 0) is 24.6 Å². The molecular formula is C21H19ClN2O3S. The van der Waals surface area contributed by atoms with E-state index in [1.807, 2.05) is 36.4 Å². The first-order valence-electron chi connectivity index (χ1n) is 9.06.